The van der Waals surface area contributed by atoms with E-state index in [1.165, 1.54) is 6.92 Å². The average Bonchev–Trinajstić information content (AvgIpc) is 2.37. The molecule has 4 heteroatoms. The molecule has 0 saturated carbocycles. The van der Waals surface area contributed by atoms with Crippen LogP contribution in [0, 0.1) is 0 Å². The summed E-state index contributed by atoms with van der Waals surface area (Å²) in [5.74, 6) is -0.873. The van der Waals surface area contributed by atoms with Crippen LogP contribution in [0.15, 0.2) is 42.5 Å². The average molecular weight is 258 g/mol. The number of carbonyl (C=O) groups excluding carboxylic acids is 1. The number of carbonyl (C=O) groups is 2. The first-order chi connectivity index (χ1) is 9.08. The number of aliphatic carboxylic acids is 1. The van der Waals surface area contributed by atoms with Crippen LogP contribution in [0.3, 0.4) is 0 Å². The van der Waals surface area contributed by atoms with Crippen LogP contribution < -0.4 is 4.74 Å². The van der Waals surface area contributed by atoms with Crippen molar-refractivity contribution in [3.8, 4) is 5.75 Å². The second-order valence-corrected chi connectivity index (χ2v) is 4.33. The minimum Gasteiger partial charge on any atom is -0.478 e. The van der Waals surface area contributed by atoms with Crippen molar-refractivity contribution in [3.63, 3.8) is 0 Å². The highest BCUT2D eigenvalue weighted by Gasteiger charge is 2.22. The Morgan fingerprint density at radius 2 is 1.84 bits per heavy atom. The Balaban J connectivity index is 2.33. The molecule has 0 bridgehead atoms. The van der Waals surface area contributed by atoms with Crippen LogP contribution in [0.4, 0.5) is 0 Å². The van der Waals surface area contributed by atoms with Gasteiger partial charge in [0.2, 0.25) is 6.10 Å². The van der Waals surface area contributed by atoms with E-state index in [0.29, 0.717) is 5.75 Å². The van der Waals surface area contributed by atoms with E-state index in [2.05, 4.69) is 0 Å². The maximum atomic E-state index is 11.1. The molecule has 98 valence electrons. The summed E-state index contributed by atoms with van der Waals surface area (Å²) in [6.07, 6.45) is -1.29. The van der Waals surface area contributed by atoms with Gasteiger partial charge in [0.25, 0.3) is 0 Å². The largest absolute Gasteiger partial charge is 0.478 e. The molecule has 2 rings (SSSR count). The molecule has 0 saturated heterocycles. The first kappa shape index (κ1) is 13.1. The quantitative estimate of drug-likeness (QED) is 0.895. The summed E-state index contributed by atoms with van der Waals surface area (Å²) in [4.78, 5) is 22.2. The summed E-state index contributed by atoms with van der Waals surface area (Å²) >= 11 is 0. The molecule has 0 spiro atoms. The van der Waals surface area contributed by atoms with E-state index in [9.17, 15) is 9.59 Å². The van der Waals surface area contributed by atoms with Crippen molar-refractivity contribution >= 4 is 22.5 Å². The smallest absolute Gasteiger partial charge is 0.345 e. The summed E-state index contributed by atoms with van der Waals surface area (Å²) < 4.78 is 5.48. The number of hydrogen-bond acceptors (Lipinski definition) is 3. The number of hydrogen-bond donors (Lipinski definition) is 1. The zero-order valence-electron chi connectivity index (χ0n) is 10.5. The fourth-order valence-corrected chi connectivity index (χ4v) is 1.89. The number of ether oxygens (including phenoxy) is 1. The Bertz CT molecular complexity index is 613. The van der Waals surface area contributed by atoms with Crippen molar-refractivity contribution in [3.05, 3.63) is 42.5 Å². The van der Waals surface area contributed by atoms with Crippen molar-refractivity contribution in [1.82, 2.24) is 0 Å². The van der Waals surface area contributed by atoms with E-state index >= 15 is 0 Å². The van der Waals surface area contributed by atoms with E-state index < -0.39 is 12.1 Å². The number of carboxylic acid groups (broad SMARTS) is 1. The van der Waals surface area contributed by atoms with E-state index in [0.717, 1.165) is 10.8 Å². The predicted molar refractivity (Wildman–Crippen MR) is 71.3 cm³/mol. The lowest BCUT2D eigenvalue weighted by molar-refractivity contribution is -0.147. The Labute approximate surface area is 110 Å². The van der Waals surface area contributed by atoms with Crippen LogP contribution in [0.2, 0.25) is 0 Å². The second-order valence-electron chi connectivity index (χ2n) is 4.33. The molecular weight excluding hydrogens is 244 g/mol. The van der Waals surface area contributed by atoms with E-state index in [1.54, 1.807) is 12.1 Å². The van der Waals surface area contributed by atoms with Gasteiger partial charge in [-0.3, -0.25) is 4.79 Å². The van der Waals surface area contributed by atoms with Crippen LogP contribution in [0.5, 0.6) is 5.75 Å². The first-order valence-corrected chi connectivity index (χ1v) is 5.94. The monoisotopic (exact) mass is 258 g/mol. The van der Waals surface area contributed by atoms with Gasteiger partial charge >= 0.3 is 5.97 Å². The molecule has 19 heavy (non-hydrogen) atoms. The number of benzene rings is 2. The molecule has 2 aromatic rings. The van der Waals surface area contributed by atoms with Gasteiger partial charge in [0, 0.05) is 5.39 Å². The van der Waals surface area contributed by atoms with Gasteiger partial charge in [0.05, 0.1) is 6.42 Å². The van der Waals surface area contributed by atoms with E-state index in [4.69, 9.17) is 9.84 Å². The van der Waals surface area contributed by atoms with Crippen molar-refractivity contribution < 1.29 is 19.4 Å². The molecule has 0 aliphatic heterocycles. The Kier molecular flexibility index (Phi) is 3.80. The van der Waals surface area contributed by atoms with Crippen molar-refractivity contribution in [2.75, 3.05) is 0 Å². The highest BCUT2D eigenvalue weighted by atomic mass is 16.5. The van der Waals surface area contributed by atoms with Crippen LogP contribution >= 0.6 is 0 Å². The van der Waals surface area contributed by atoms with Gasteiger partial charge < -0.3 is 9.84 Å². The lowest BCUT2D eigenvalue weighted by Gasteiger charge is -2.15. The third kappa shape index (κ3) is 3.10. The van der Waals surface area contributed by atoms with Gasteiger partial charge in [-0.05, 0) is 18.4 Å². The maximum Gasteiger partial charge on any atom is 0.345 e. The number of fused-ring (bicyclic) bond motifs is 1. The summed E-state index contributed by atoms with van der Waals surface area (Å²) in [5, 5.41) is 10.9. The molecule has 0 aliphatic rings. The molecule has 0 aromatic heterocycles. The lowest BCUT2D eigenvalue weighted by Crippen LogP contribution is -2.29. The van der Waals surface area contributed by atoms with Gasteiger partial charge in [0.15, 0.2) is 0 Å². The number of carboxylic acids is 1. The fourth-order valence-electron chi connectivity index (χ4n) is 1.89. The molecule has 0 amide bonds. The van der Waals surface area contributed by atoms with Gasteiger partial charge in [-0.1, -0.05) is 36.4 Å². The van der Waals surface area contributed by atoms with Gasteiger partial charge in [0.1, 0.15) is 11.5 Å². The summed E-state index contributed by atoms with van der Waals surface area (Å²) in [7, 11) is 0. The molecule has 0 aliphatic carbocycles. The predicted octanol–water partition coefficient (Wildman–Crippen LogP) is 2.65. The molecule has 4 nitrogen and oxygen atoms in total. The third-order valence-corrected chi connectivity index (χ3v) is 2.77. The lowest BCUT2D eigenvalue weighted by atomic mass is 10.1. The highest BCUT2D eigenvalue weighted by molar-refractivity contribution is 5.89. The molecular formula is C15H14O4. The number of Topliss-reactive ketones (excluding diaryl/α,β-unsaturated/α-hetero) is 1. The molecule has 0 fully saturated rings. The van der Waals surface area contributed by atoms with E-state index in [1.807, 2.05) is 30.3 Å². The van der Waals surface area contributed by atoms with Crippen LogP contribution in [-0.4, -0.2) is 23.0 Å². The standard InChI is InChI=1S/C15H14O4/c1-10(16)9-14(15(17)18)19-13-8-4-6-11-5-2-3-7-12(11)13/h2-8,14H,9H2,1H3,(H,17,18). The Morgan fingerprint density at radius 1 is 1.16 bits per heavy atom. The highest BCUT2D eigenvalue weighted by Crippen LogP contribution is 2.26. The Morgan fingerprint density at radius 3 is 2.53 bits per heavy atom. The van der Waals surface area contributed by atoms with Crippen LogP contribution in [-0.2, 0) is 9.59 Å². The van der Waals surface area contributed by atoms with Gasteiger partial charge in [-0.2, -0.15) is 0 Å². The van der Waals surface area contributed by atoms with E-state index in [-0.39, 0.29) is 12.2 Å². The zero-order valence-corrected chi connectivity index (χ0v) is 10.5. The summed E-state index contributed by atoms with van der Waals surface area (Å²) in [6.45, 7) is 1.35. The van der Waals surface area contributed by atoms with Crippen molar-refractivity contribution in [2.45, 2.75) is 19.4 Å². The molecule has 1 atom stereocenters. The number of ketones is 1. The van der Waals surface area contributed by atoms with Gasteiger partial charge in [-0.15, -0.1) is 0 Å². The zero-order chi connectivity index (χ0) is 13.8. The Hall–Kier alpha value is -2.36. The normalized spacial score (nSPS) is 12.1. The third-order valence-electron chi connectivity index (χ3n) is 2.77. The van der Waals surface area contributed by atoms with Crippen LogP contribution in [0.1, 0.15) is 13.3 Å². The minimum absolute atomic E-state index is 0.140. The molecule has 2 aromatic carbocycles. The summed E-state index contributed by atoms with van der Waals surface area (Å²) in [5.41, 5.74) is 0. The fraction of sp³-hybridized carbons (Fsp3) is 0.200. The van der Waals surface area contributed by atoms with Crippen LogP contribution in [0.25, 0.3) is 10.8 Å². The SMILES string of the molecule is CC(=O)CC(Oc1cccc2ccccc12)C(=O)O. The number of rotatable bonds is 5. The van der Waals surface area contributed by atoms with Gasteiger partial charge in [-0.25, -0.2) is 4.79 Å². The first-order valence-electron chi connectivity index (χ1n) is 5.94. The molecule has 1 unspecified atom stereocenters. The topological polar surface area (TPSA) is 63.6 Å². The second kappa shape index (κ2) is 5.52. The van der Waals surface area contributed by atoms with Crippen molar-refractivity contribution in [1.29, 1.82) is 0 Å². The molecule has 1 N–H and O–H groups in total. The minimum atomic E-state index is -1.15. The summed E-state index contributed by atoms with van der Waals surface area (Å²) in [6, 6.07) is 13.0. The molecule has 0 radical (unpaired) electrons. The van der Waals surface area contributed by atoms with Crippen molar-refractivity contribution in [2.24, 2.45) is 0 Å². The maximum absolute atomic E-state index is 11.1. The molecule has 0 heterocycles.